The van der Waals surface area contributed by atoms with E-state index < -0.39 is 0 Å². The highest BCUT2D eigenvalue weighted by Crippen LogP contribution is 2.30. The number of amides is 1. The molecule has 0 atom stereocenters. The minimum atomic E-state index is -0.0201. The van der Waals surface area contributed by atoms with Crippen molar-refractivity contribution in [1.29, 1.82) is 0 Å². The molecule has 0 saturated heterocycles. The van der Waals surface area contributed by atoms with Crippen LogP contribution in [-0.2, 0) is 26.1 Å². The Labute approximate surface area is 249 Å². The summed E-state index contributed by atoms with van der Waals surface area (Å²) in [6.07, 6.45) is 0.798. The summed E-state index contributed by atoms with van der Waals surface area (Å²) in [6, 6.07) is 27.5. The van der Waals surface area contributed by atoms with Gasteiger partial charge in [0.05, 0.1) is 29.1 Å². The molecule has 6 nitrogen and oxygen atoms in total. The highest BCUT2D eigenvalue weighted by molar-refractivity contribution is 7.09. The Balaban J connectivity index is 1.41. The van der Waals surface area contributed by atoms with Gasteiger partial charge in [0.2, 0.25) is 0 Å². The average molecular weight is 586 g/mol. The molecule has 0 aliphatic heterocycles. The molecule has 0 spiro atoms. The first-order chi connectivity index (χ1) is 19.9. The first-order valence-electron chi connectivity index (χ1n) is 13.4. The number of para-hydroxylation sites is 1. The number of ether oxygens (including phenoxy) is 2. The molecule has 0 fully saturated rings. The lowest BCUT2D eigenvalue weighted by atomic mass is 10.1. The monoisotopic (exact) mass is 585 g/mol. The van der Waals surface area contributed by atoms with Gasteiger partial charge in [-0.25, -0.2) is 4.98 Å². The van der Waals surface area contributed by atoms with Crippen LogP contribution in [-0.4, -0.2) is 34.5 Å². The van der Waals surface area contributed by atoms with E-state index in [1.807, 2.05) is 86.1 Å². The van der Waals surface area contributed by atoms with E-state index >= 15 is 0 Å². The van der Waals surface area contributed by atoms with Gasteiger partial charge in [-0.3, -0.25) is 4.79 Å². The van der Waals surface area contributed by atoms with Crippen LogP contribution in [0.5, 0.6) is 11.5 Å². The summed E-state index contributed by atoms with van der Waals surface area (Å²) in [5.41, 5.74) is 5.59. The summed E-state index contributed by atoms with van der Waals surface area (Å²) in [5.74, 6) is 1.43. The van der Waals surface area contributed by atoms with Crippen molar-refractivity contribution < 1.29 is 14.3 Å². The van der Waals surface area contributed by atoms with Crippen LogP contribution in [0.25, 0.3) is 11.4 Å². The fraction of sp³-hybridized carbons (Fsp3) is 0.212. The molecule has 0 bridgehead atoms. The van der Waals surface area contributed by atoms with E-state index in [1.165, 1.54) is 16.9 Å². The summed E-state index contributed by atoms with van der Waals surface area (Å²) in [7, 11) is 3.51. The SMILES string of the molecule is COc1ccc(CCn2c(-c3csc(COc4ccccc4Cl)n3)cc(C(=O)N(C)Cc3ccccc3)c2C)cc1. The first kappa shape index (κ1) is 28.5. The van der Waals surface area contributed by atoms with E-state index in [-0.39, 0.29) is 5.91 Å². The fourth-order valence-corrected chi connectivity index (χ4v) is 5.62. The van der Waals surface area contributed by atoms with Crippen LogP contribution in [0.1, 0.15) is 32.2 Å². The minimum absolute atomic E-state index is 0.0201. The Morgan fingerprint density at radius 1 is 1.00 bits per heavy atom. The van der Waals surface area contributed by atoms with E-state index in [2.05, 4.69) is 16.7 Å². The first-order valence-corrected chi connectivity index (χ1v) is 14.6. The zero-order valence-corrected chi connectivity index (χ0v) is 24.9. The number of hydrogen-bond donors (Lipinski definition) is 0. The number of nitrogens with zero attached hydrogens (tertiary/aromatic N) is 3. The van der Waals surface area contributed by atoms with Crippen LogP contribution in [0.2, 0.25) is 5.02 Å². The number of thiazole rings is 1. The predicted molar refractivity (Wildman–Crippen MR) is 165 cm³/mol. The number of rotatable bonds is 11. The summed E-state index contributed by atoms with van der Waals surface area (Å²) >= 11 is 7.78. The van der Waals surface area contributed by atoms with Crippen LogP contribution >= 0.6 is 22.9 Å². The van der Waals surface area contributed by atoms with Crippen molar-refractivity contribution in [3.05, 3.63) is 123 Å². The van der Waals surface area contributed by atoms with Crippen molar-refractivity contribution in [2.45, 2.75) is 33.0 Å². The van der Waals surface area contributed by atoms with Crippen molar-refractivity contribution in [2.75, 3.05) is 14.2 Å². The number of benzene rings is 3. The zero-order chi connectivity index (χ0) is 28.8. The molecule has 2 aromatic heterocycles. The Morgan fingerprint density at radius 2 is 1.73 bits per heavy atom. The maximum Gasteiger partial charge on any atom is 0.255 e. The maximum atomic E-state index is 13.7. The smallest absolute Gasteiger partial charge is 0.255 e. The number of hydrogen-bond acceptors (Lipinski definition) is 5. The number of aryl methyl sites for hydroxylation is 1. The van der Waals surface area contributed by atoms with Crippen LogP contribution in [0.15, 0.2) is 90.3 Å². The number of carbonyl (C=O) groups is 1. The minimum Gasteiger partial charge on any atom is -0.497 e. The second kappa shape index (κ2) is 13.1. The van der Waals surface area contributed by atoms with Crippen LogP contribution < -0.4 is 9.47 Å². The van der Waals surface area contributed by atoms with E-state index in [9.17, 15) is 4.79 Å². The van der Waals surface area contributed by atoms with Crippen molar-refractivity contribution in [3.8, 4) is 22.9 Å². The normalized spacial score (nSPS) is 10.9. The third kappa shape index (κ3) is 6.81. The molecule has 210 valence electrons. The molecule has 8 heteroatoms. The molecule has 0 N–H and O–H groups in total. The molecular weight excluding hydrogens is 554 g/mol. The molecule has 41 heavy (non-hydrogen) atoms. The average Bonchev–Trinajstić information content (AvgIpc) is 3.60. The molecule has 5 rings (SSSR count). The molecule has 3 aromatic carbocycles. The van der Waals surface area contributed by atoms with Crippen molar-refractivity contribution in [1.82, 2.24) is 14.5 Å². The largest absolute Gasteiger partial charge is 0.497 e. The molecule has 0 unspecified atom stereocenters. The lowest BCUT2D eigenvalue weighted by Crippen LogP contribution is -2.26. The van der Waals surface area contributed by atoms with Crippen molar-refractivity contribution in [2.24, 2.45) is 0 Å². The second-order valence-corrected chi connectivity index (χ2v) is 11.1. The summed E-state index contributed by atoms with van der Waals surface area (Å²) in [5, 5.41) is 3.41. The fourth-order valence-electron chi connectivity index (χ4n) is 4.73. The molecule has 0 radical (unpaired) electrons. The van der Waals surface area contributed by atoms with Gasteiger partial charge in [0, 0.05) is 31.2 Å². The third-order valence-corrected chi connectivity index (χ3v) is 8.13. The molecule has 0 saturated carbocycles. The Morgan fingerprint density at radius 3 is 2.46 bits per heavy atom. The number of carbonyl (C=O) groups excluding carboxylic acids is 1. The van der Waals surface area contributed by atoms with Gasteiger partial charge < -0.3 is 18.9 Å². The summed E-state index contributed by atoms with van der Waals surface area (Å²) < 4.78 is 13.4. The van der Waals surface area contributed by atoms with Gasteiger partial charge in [-0.2, -0.15) is 0 Å². The van der Waals surface area contributed by atoms with E-state index in [0.717, 1.165) is 39.8 Å². The van der Waals surface area contributed by atoms with Crippen molar-refractivity contribution >= 4 is 28.8 Å². The zero-order valence-electron chi connectivity index (χ0n) is 23.3. The second-order valence-electron chi connectivity index (χ2n) is 9.77. The summed E-state index contributed by atoms with van der Waals surface area (Å²) in [4.78, 5) is 20.3. The van der Waals surface area contributed by atoms with Gasteiger partial charge in [0.1, 0.15) is 23.1 Å². The topological polar surface area (TPSA) is 56.6 Å². The quantitative estimate of drug-likeness (QED) is 0.160. The van der Waals surface area contributed by atoms with Gasteiger partial charge in [-0.05, 0) is 54.8 Å². The molecule has 5 aromatic rings. The van der Waals surface area contributed by atoms with Gasteiger partial charge >= 0.3 is 0 Å². The van der Waals surface area contributed by atoms with Crippen LogP contribution in [0.3, 0.4) is 0 Å². The van der Waals surface area contributed by atoms with Crippen molar-refractivity contribution in [3.63, 3.8) is 0 Å². The Kier molecular flexibility index (Phi) is 9.07. The van der Waals surface area contributed by atoms with Gasteiger partial charge in [0.15, 0.2) is 0 Å². The van der Waals surface area contributed by atoms with Crippen LogP contribution in [0, 0.1) is 6.92 Å². The third-order valence-electron chi connectivity index (χ3n) is 6.99. The van der Waals surface area contributed by atoms with E-state index in [0.29, 0.717) is 36.0 Å². The highest BCUT2D eigenvalue weighted by Gasteiger charge is 2.23. The lowest BCUT2D eigenvalue weighted by molar-refractivity contribution is 0.0784. The van der Waals surface area contributed by atoms with Crippen LogP contribution in [0.4, 0.5) is 0 Å². The standard InChI is InChI=1S/C33H32ClN3O3S/c1-23-27(33(38)36(2)20-25-9-5-4-6-10-25)19-30(37(23)18-17-24-13-15-26(39-3)16-14-24)29-22-41-32(35-29)21-40-31-12-8-7-11-28(31)34/h4-16,19,22H,17-18,20-21H2,1-3H3. The molecule has 0 aliphatic carbocycles. The molecule has 2 heterocycles. The summed E-state index contributed by atoms with van der Waals surface area (Å²) in [6.45, 7) is 3.55. The maximum absolute atomic E-state index is 13.7. The molecular formula is C33H32ClN3O3S. The number of halogens is 1. The van der Waals surface area contributed by atoms with Gasteiger partial charge in [0.25, 0.3) is 5.91 Å². The highest BCUT2D eigenvalue weighted by atomic mass is 35.5. The lowest BCUT2D eigenvalue weighted by Gasteiger charge is -2.17. The molecule has 0 aliphatic rings. The molecule has 1 amide bonds. The number of aromatic nitrogens is 2. The Bertz CT molecular complexity index is 1610. The van der Waals surface area contributed by atoms with Gasteiger partial charge in [-0.15, -0.1) is 11.3 Å². The number of methoxy groups -OCH3 is 1. The van der Waals surface area contributed by atoms with Gasteiger partial charge in [-0.1, -0.05) is 66.2 Å². The predicted octanol–water partition coefficient (Wildman–Crippen LogP) is 7.68. The Hall–Kier alpha value is -4.07. The van der Waals surface area contributed by atoms with E-state index in [1.54, 1.807) is 18.1 Å². The van der Waals surface area contributed by atoms with E-state index in [4.69, 9.17) is 26.1 Å².